The van der Waals surface area contributed by atoms with E-state index >= 15 is 0 Å². The maximum atomic E-state index is 13.9. The second-order valence-electron chi connectivity index (χ2n) is 7.10. The smallest absolute Gasteiger partial charge is 0.256 e. The highest BCUT2D eigenvalue weighted by molar-refractivity contribution is 5.90. The molecule has 0 spiro atoms. The van der Waals surface area contributed by atoms with Crippen LogP contribution >= 0.6 is 0 Å². The molecule has 0 aliphatic carbocycles. The van der Waals surface area contributed by atoms with Crippen LogP contribution in [0, 0.1) is 19.7 Å². The van der Waals surface area contributed by atoms with Gasteiger partial charge >= 0.3 is 0 Å². The van der Waals surface area contributed by atoms with Crippen molar-refractivity contribution < 1.29 is 9.18 Å². The fourth-order valence-corrected chi connectivity index (χ4v) is 3.29. The number of aryl methyl sites for hydroxylation is 2. The van der Waals surface area contributed by atoms with Gasteiger partial charge in [0.05, 0.1) is 17.1 Å². The number of rotatable bonds is 5. The Morgan fingerprint density at radius 2 is 1.74 bits per heavy atom. The maximum Gasteiger partial charge on any atom is 0.256 e. The SMILES string of the molecule is Cc1cc(C)n(-c2nc(-c3ccccc3)cc(=O)n2CC(=O)Nc2ccccc2F)n1. The van der Waals surface area contributed by atoms with Crippen LogP contribution in [0.3, 0.4) is 0 Å². The van der Waals surface area contributed by atoms with Crippen molar-refractivity contribution in [2.45, 2.75) is 20.4 Å². The average molecular weight is 417 g/mol. The molecule has 0 unspecified atom stereocenters. The number of hydrogen-bond acceptors (Lipinski definition) is 4. The fraction of sp³-hybridized carbons (Fsp3) is 0.130. The number of nitrogens with zero attached hydrogens (tertiary/aromatic N) is 4. The molecule has 0 radical (unpaired) electrons. The third kappa shape index (κ3) is 4.28. The zero-order chi connectivity index (χ0) is 22.0. The molecule has 0 aliphatic heterocycles. The molecule has 0 bridgehead atoms. The summed E-state index contributed by atoms with van der Waals surface area (Å²) in [4.78, 5) is 30.3. The van der Waals surface area contributed by atoms with E-state index in [1.807, 2.05) is 50.2 Å². The van der Waals surface area contributed by atoms with E-state index in [-0.39, 0.29) is 18.2 Å². The van der Waals surface area contributed by atoms with Gasteiger partial charge in [0.1, 0.15) is 12.4 Å². The molecule has 0 atom stereocenters. The minimum Gasteiger partial charge on any atom is -0.322 e. The molecule has 4 rings (SSSR count). The number of halogens is 1. The van der Waals surface area contributed by atoms with Crippen LogP contribution in [0.15, 0.2) is 71.5 Å². The molecule has 8 heteroatoms. The van der Waals surface area contributed by atoms with Crippen LogP contribution in [0.1, 0.15) is 11.4 Å². The Labute approximate surface area is 177 Å². The van der Waals surface area contributed by atoms with E-state index in [1.165, 1.54) is 33.5 Å². The lowest BCUT2D eigenvalue weighted by molar-refractivity contribution is -0.116. The molecule has 0 saturated heterocycles. The van der Waals surface area contributed by atoms with E-state index < -0.39 is 17.3 Å². The van der Waals surface area contributed by atoms with E-state index in [1.54, 1.807) is 6.07 Å². The Bertz CT molecular complexity index is 1310. The van der Waals surface area contributed by atoms with Crippen LogP contribution in [0.25, 0.3) is 17.2 Å². The fourth-order valence-electron chi connectivity index (χ4n) is 3.29. The molecule has 2 heterocycles. The van der Waals surface area contributed by atoms with Gasteiger partial charge in [0.25, 0.3) is 5.56 Å². The number of carbonyl (C=O) groups is 1. The van der Waals surface area contributed by atoms with E-state index in [0.717, 1.165) is 17.0 Å². The Hall–Kier alpha value is -4.07. The molecule has 31 heavy (non-hydrogen) atoms. The molecular weight excluding hydrogens is 397 g/mol. The molecule has 4 aromatic rings. The summed E-state index contributed by atoms with van der Waals surface area (Å²) in [6, 6.07) is 18.4. The first-order valence-electron chi connectivity index (χ1n) is 9.67. The Morgan fingerprint density at radius 1 is 1.03 bits per heavy atom. The van der Waals surface area contributed by atoms with Crippen molar-refractivity contribution in [1.29, 1.82) is 0 Å². The standard InChI is InChI=1S/C23H20FN5O2/c1-15-12-16(2)29(27-15)23-26-20(17-8-4-3-5-9-17)13-22(31)28(23)14-21(30)25-19-11-7-6-10-18(19)24/h3-13H,14H2,1-2H3,(H,25,30). The van der Waals surface area contributed by atoms with Crippen molar-refractivity contribution in [3.63, 3.8) is 0 Å². The van der Waals surface area contributed by atoms with Gasteiger partial charge in [0, 0.05) is 17.3 Å². The third-order valence-corrected chi connectivity index (χ3v) is 4.71. The highest BCUT2D eigenvalue weighted by Crippen LogP contribution is 2.18. The van der Waals surface area contributed by atoms with Gasteiger partial charge < -0.3 is 5.32 Å². The number of hydrogen-bond donors (Lipinski definition) is 1. The number of amides is 1. The molecule has 1 N–H and O–H groups in total. The maximum absolute atomic E-state index is 13.9. The lowest BCUT2D eigenvalue weighted by atomic mass is 10.1. The summed E-state index contributed by atoms with van der Waals surface area (Å²) >= 11 is 0. The van der Waals surface area contributed by atoms with Crippen LogP contribution < -0.4 is 10.9 Å². The molecule has 1 amide bonds. The van der Waals surface area contributed by atoms with Crippen molar-refractivity contribution >= 4 is 11.6 Å². The molecule has 0 fully saturated rings. The highest BCUT2D eigenvalue weighted by Gasteiger charge is 2.18. The number of nitrogens with one attached hydrogen (secondary N) is 1. The Morgan fingerprint density at radius 3 is 2.42 bits per heavy atom. The molecule has 0 aliphatic rings. The van der Waals surface area contributed by atoms with E-state index in [4.69, 9.17) is 0 Å². The first-order valence-corrected chi connectivity index (χ1v) is 9.67. The largest absolute Gasteiger partial charge is 0.322 e. The van der Waals surface area contributed by atoms with Crippen molar-refractivity contribution in [2.24, 2.45) is 0 Å². The van der Waals surface area contributed by atoms with Crippen molar-refractivity contribution in [1.82, 2.24) is 19.3 Å². The second kappa shape index (κ2) is 8.35. The second-order valence-corrected chi connectivity index (χ2v) is 7.10. The summed E-state index contributed by atoms with van der Waals surface area (Å²) in [5.74, 6) is -0.899. The number of para-hydroxylation sites is 1. The Balaban J connectivity index is 1.78. The van der Waals surface area contributed by atoms with Gasteiger partial charge in [0.2, 0.25) is 11.9 Å². The van der Waals surface area contributed by atoms with Crippen molar-refractivity contribution in [2.75, 3.05) is 5.32 Å². The zero-order valence-electron chi connectivity index (χ0n) is 17.0. The molecule has 2 aromatic heterocycles. The first-order chi connectivity index (χ1) is 14.9. The first kappa shape index (κ1) is 20.2. The van der Waals surface area contributed by atoms with Gasteiger partial charge in [-0.2, -0.15) is 5.10 Å². The van der Waals surface area contributed by atoms with Crippen LogP contribution in [0.4, 0.5) is 10.1 Å². The number of carbonyl (C=O) groups excluding carboxylic acids is 1. The Kier molecular flexibility index (Phi) is 5.44. The van der Waals surface area contributed by atoms with Gasteiger partial charge in [0.15, 0.2) is 0 Å². The van der Waals surface area contributed by atoms with Gasteiger partial charge in [-0.1, -0.05) is 42.5 Å². The van der Waals surface area contributed by atoms with E-state index in [0.29, 0.717) is 5.69 Å². The molecular formula is C23H20FN5O2. The van der Waals surface area contributed by atoms with Gasteiger partial charge in [-0.15, -0.1) is 0 Å². The normalized spacial score (nSPS) is 10.8. The van der Waals surface area contributed by atoms with Crippen LogP contribution in [-0.2, 0) is 11.3 Å². The zero-order valence-corrected chi connectivity index (χ0v) is 17.0. The van der Waals surface area contributed by atoms with Gasteiger partial charge in [-0.05, 0) is 32.0 Å². The summed E-state index contributed by atoms with van der Waals surface area (Å²) < 4.78 is 16.7. The predicted octanol–water partition coefficient (Wildman–Crippen LogP) is 3.49. The topological polar surface area (TPSA) is 81.8 Å². The lowest BCUT2D eigenvalue weighted by Gasteiger charge is -2.15. The third-order valence-electron chi connectivity index (χ3n) is 4.71. The summed E-state index contributed by atoms with van der Waals surface area (Å²) in [6.07, 6.45) is 0. The number of benzene rings is 2. The average Bonchev–Trinajstić information content (AvgIpc) is 3.09. The van der Waals surface area contributed by atoms with Crippen LogP contribution in [0.2, 0.25) is 0 Å². The summed E-state index contributed by atoms with van der Waals surface area (Å²) in [7, 11) is 0. The lowest BCUT2D eigenvalue weighted by Crippen LogP contribution is -2.32. The molecule has 0 saturated carbocycles. The summed E-state index contributed by atoms with van der Waals surface area (Å²) in [5, 5.41) is 6.92. The minimum atomic E-state index is -0.556. The summed E-state index contributed by atoms with van der Waals surface area (Å²) in [5.41, 5.74) is 2.38. The van der Waals surface area contributed by atoms with E-state index in [2.05, 4.69) is 15.4 Å². The van der Waals surface area contributed by atoms with Gasteiger partial charge in [-0.3, -0.25) is 14.2 Å². The quantitative estimate of drug-likeness (QED) is 0.539. The monoisotopic (exact) mass is 417 g/mol. The molecule has 7 nitrogen and oxygen atoms in total. The molecule has 156 valence electrons. The summed E-state index contributed by atoms with van der Waals surface area (Å²) in [6.45, 7) is 3.33. The molecule has 2 aromatic carbocycles. The predicted molar refractivity (Wildman–Crippen MR) is 116 cm³/mol. The highest BCUT2D eigenvalue weighted by atomic mass is 19.1. The number of aromatic nitrogens is 4. The number of anilines is 1. The van der Waals surface area contributed by atoms with E-state index in [9.17, 15) is 14.0 Å². The van der Waals surface area contributed by atoms with Crippen LogP contribution in [0.5, 0.6) is 0 Å². The minimum absolute atomic E-state index is 0.0436. The van der Waals surface area contributed by atoms with Crippen LogP contribution in [-0.4, -0.2) is 25.2 Å². The van der Waals surface area contributed by atoms with Crippen molar-refractivity contribution in [3.8, 4) is 17.2 Å². The van der Waals surface area contributed by atoms with Gasteiger partial charge in [-0.25, -0.2) is 14.1 Å². The van der Waals surface area contributed by atoms with Crippen molar-refractivity contribution in [3.05, 3.63) is 94.3 Å².